The van der Waals surface area contributed by atoms with Crippen LogP contribution in [0.4, 0.5) is 5.69 Å². The summed E-state index contributed by atoms with van der Waals surface area (Å²) in [6, 6.07) is 20.5. The lowest BCUT2D eigenvalue weighted by molar-refractivity contribution is -0.140. The average Bonchev–Trinajstić information content (AvgIpc) is 2.90. The molecule has 0 radical (unpaired) electrons. The van der Waals surface area contributed by atoms with Crippen LogP contribution in [-0.4, -0.2) is 49.9 Å². The first-order valence-electron chi connectivity index (χ1n) is 13.0. The molecule has 40 heavy (non-hydrogen) atoms. The van der Waals surface area contributed by atoms with Crippen molar-refractivity contribution < 1.29 is 22.7 Å². The van der Waals surface area contributed by atoms with Crippen molar-refractivity contribution in [1.29, 1.82) is 0 Å². The summed E-state index contributed by atoms with van der Waals surface area (Å²) >= 11 is 6.18. The molecule has 1 N–H and O–H groups in total. The van der Waals surface area contributed by atoms with Crippen molar-refractivity contribution in [2.75, 3.05) is 17.5 Å². The lowest BCUT2D eigenvalue weighted by Gasteiger charge is -2.33. The Morgan fingerprint density at radius 1 is 0.975 bits per heavy atom. The van der Waals surface area contributed by atoms with Crippen LogP contribution in [0.1, 0.15) is 40.2 Å². The SMILES string of the molecule is CCOc1ccc(N(CC(=O)N(Cc2cccc(Cl)c2)C(C)C(=O)NC(C)(C)C)S(=O)(=O)c2ccccc2)cc1. The van der Waals surface area contributed by atoms with Gasteiger partial charge in [0.15, 0.2) is 0 Å². The molecule has 0 bridgehead atoms. The predicted octanol–water partition coefficient (Wildman–Crippen LogP) is 5.27. The third-order valence-corrected chi connectivity index (χ3v) is 7.98. The zero-order valence-corrected chi connectivity index (χ0v) is 25.0. The van der Waals surface area contributed by atoms with E-state index in [2.05, 4.69) is 5.32 Å². The van der Waals surface area contributed by atoms with Crippen molar-refractivity contribution in [3.05, 3.63) is 89.4 Å². The number of anilines is 1. The van der Waals surface area contributed by atoms with Gasteiger partial charge >= 0.3 is 0 Å². The molecule has 3 aromatic carbocycles. The molecule has 0 fully saturated rings. The van der Waals surface area contributed by atoms with E-state index in [0.29, 0.717) is 22.9 Å². The van der Waals surface area contributed by atoms with E-state index in [1.165, 1.54) is 17.0 Å². The van der Waals surface area contributed by atoms with E-state index < -0.39 is 34.1 Å². The second-order valence-corrected chi connectivity index (χ2v) is 12.6. The summed E-state index contributed by atoms with van der Waals surface area (Å²) in [6.45, 7) is 9.00. The predicted molar refractivity (Wildman–Crippen MR) is 158 cm³/mol. The van der Waals surface area contributed by atoms with Crippen molar-refractivity contribution >= 4 is 39.1 Å². The van der Waals surface area contributed by atoms with Crippen LogP contribution >= 0.6 is 11.6 Å². The van der Waals surface area contributed by atoms with Crippen LogP contribution in [0.2, 0.25) is 5.02 Å². The monoisotopic (exact) mass is 585 g/mol. The van der Waals surface area contributed by atoms with Gasteiger partial charge in [-0.1, -0.05) is 41.9 Å². The summed E-state index contributed by atoms with van der Waals surface area (Å²) in [4.78, 5) is 28.5. The lowest BCUT2D eigenvalue weighted by atomic mass is 10.1. The van der Waals surface area contributed by atoms with E-state index in [1.807, 2.05) is 27.7 Å². The number of benzene rings is 3. The number of hydrogen-bond acceptors (Lipinski definition) is 5. The molecule has 0 aliphatic rings. The smallest absolute Gasteiger partial charge is 0.264 e. The Bertz CT molecular complexity index is 1410. The minimum atomic E-state index is -4.14. The van der Waals surface area contributed by atoms with E-state index in [-0.39, 0.29) is 23.0 Å². The van der Waals surface area contributed by atoms with Gasteiger partial charge in [-0.3, -0.25) is 13.9 Å². The number of nitrogens with zero attached hydrogens (tertiary/aromatic N) is 2. The Hall–Kier alpha value is -3.56. The third-order valence-electron chi connectivity index (χ3n) is 5.95. The topological polar surface area (TPSA) is 96.0 Å². The number of rotatable bonds is 11. The van der Waals surface area contributed by atoms with E-state index in [9.17, 15) is 18.0 Å². The summed E-state index contributed by atoms with van der Waals surface area (Å²) in [5, 5.41) is 3.39. The van der Waals surface area contributed by atoms with Crippen LogP contribution in [0.25, 0.3) is 0 Å². The van der Waals surface area contributed by atoms with E-state index in [4.69, 9.17) is 16.3 Å². The second kappa shape index (κ2) is 13.2. The van der Waals surface area contributed by atoms with Crippen LogP contribution in [-0.2, 0) is 26.2 Å². The van der Waals surface area contributed by atoms with E-state index >= 15 is 0 Å². The summed E-state index contributed by atoms with van der Waals surface area (Å²) in [6.07, 6.45) is 0. The number of nitrogens with one attached hydrogen (secondary N) is 1. The van der Waals surface area contributed by atoms with Crippen molar-refractivity contribution in [3.63, 3.8) is 0 Å². The first kappa shape index (κ1) is 31.0. The molecule has 2 amide bonds. The van der Waals surface area contributed by atoms with Crippen LogP contribution in [0.5, 0.6) is 5.75 Å². The number of carbonyl (C=O) groups is 2. The minimum Gasteiger partial charge on any atom is -0.494 e. The van der Waals surface area contributed by atoms with E-state index in [1.54, 1.807) is 73.7 Å². The van der Waals surface area contributed by atoms with Gasteiger partial charge < -0.3 is 15.0 Å². The maximum absolute atomic E-state index is 14.0. The summed E-state index contributed by atoms with van der Waals surface area (Å²) < 4.78 is 34.2. The molecule has 0 saturated heterocycles. The first-order chi connectivity index (χ1) is 18.8. The molecule has 3 rings (SSSR count). The minimum absolute atomic E-state index is 0.0385. The van der Waals surface area contributed by atoms with Crippen molar-refractivity contribution in [3.8, 4) is 5.75 Å². The lowest BCUT2D eigenvalue weighted by Crippen LogP contribution is -2.54. The molecular formula is C30H36ClN3O5S. The molecule has 0 aliphatic carbocycles. The van der Waals surface area contributed by atoms with Gasteiger partial charge in [-0.2, -0.15) is 0 Å². The fraction of sp³-hybridized carbons (Fsp3) is 0.333. The molecular weight excluding hydrogens is 550 g/mol. The van der Waals surface area contributed by atoms with Gasteiger partial charge in [-0.05, 0) is 88.7 Å². The average molecular weight is 586 g/mol. The van der Waals surface area contributed by atoms with Gasteiger partial charge in [0.05, 0.1) is 17.2 Å². The van der Waals surface area contributed by atoms with Crippen LogP contribution in [0.15, 0.2) is 83.8 Å². The van der Waals surface area contributed by atoms with Crippen LogP contribution in [0.3, 0.4) is 0 Å². The Morgan fingerprint density at radius 2 is 1.62 bits per heavy atom. The highest BCUT2D eigenvalue weighted by Gasteiger charge is 2.33. The Balaban J connectivity index is 2.03. The van der Waals surface area contributed by atoms with Gasteiger partial charge in [0, 0.05) is 17.1 Å². The van der Waals surface area contributed by atoms with Crippen molar-refractivity contribution in [2.45, 2.75) is 57.6 Å². The zero-order valence-electron chi connectivity index (χ0n) is 23.4. The van der Waals surface area contributed by atoms with Gasteiger partial charge in [0.1, 0.15) is 18.3 Å². The molecule has 3 aromatic rings. The fourth-order valence-electron chi connectivity index (χ4n) is 4.01. The van der Waals surface area contributed by atoms with Crippen molar-refractivity contribution in [2.24, 2.45) is 0 Å². The molecule has 0 aromatic heterocycles. The number of ether oxygens (including phenoxy) is 1. The Morgan fingerprint density at radius 3 is 2.20 bits per heavy atom. The maximum atomic E-state index is 14.0. The molecule has 1 atom stereocenters. The molecule has 0 aliphatic heterocycles. The summed E-state index contributed by atoms with van der Waals surface area (Å²) in [5.74, 6) is -0.337. The molecule has 8 nitrogen and oxygen atoms in total. The van der Waals surface area contributed by atoms with Gasteiger partial charge in [0.2, 0.25) is 11.8 Å². The molecule has 0 spiro atoms. The number of amides is 2. The van der Waals surface area contributed by atoms with Gasteiger partial charge in [-0.25, -0.2) is 8.42 Å². The molecule has 0 heterocycles. The van der Waals surface area contributed by atoms with Crippen molar-refractivity contribution in [1.82, 2.24) is 10.2 Å². The largest absolute Gasteiger partial charge is 0.494 e. The molecule has 10 heteroatoms. The standard InChI is InChI=1S/C30H36ClN3O5S/c1-6-39-26-17-15-25(16-18-26)34(40(37,38)27-13-8-7-9-14-27)21-28(35)33(20-23-11-10-12-24(31)19-23)22(2)29(36)32-30(3,4)5/h7-19,22H,6,20-21H2,1-5H3,(H,32,36). The summed E-state index contributed by atoms with van der Waals surface area (Å²) in [7, 11) is -4.14. The highest BCUT2D eigenvalue weighted by molar-refractivity contribution is 7.92. The Labute approximate surface area is 241 Å². The number of carbonyl (C=O) groups excluding carboxylic acids is 2. The number of hydrogen-bond donors (Lipinski definition) is 1. The van der Waals surface area contributed by atoms with Crippen LogP contribution in [0, 0.1) is 0 Å². The normalized spacial score (nSPS) is 12.3. The maximum Gasteiger partial charge on any atom is 0.264 e. The number of sulfonamides is 1. The van der Waals surface area contributed by atoms with Gasteiger partial charge in [0.25, 0.3) is 10.0 Å². The van der Waals surface area contributed by atoms with Crippen LogP contribution < -0.4 is 14.4 Å². The molecule has 0 saturated carbocycles. The molecule has 1 unspecified atom stereocenters. The quantitative estimate of drug-likeness (QED) is 0.331. The molecule has 214 valence electrons. The summed E-state index contributed by atoms with van der Waals surface area (Å²) in [5.41, 5.74) is 0.464. The highest BCUT2D eigenvalue weighted by atomic mass is 35.5. The first-order valence-corrected chi connectivity index (χ1v) is 14.8. The third kappa shape index (κ3) is 8.22. The number of halogens is 1. The zero-order chi connectivity index (χ0) is 29.5. The van der Waals surface area contributed by atoms with Gasteiger partial charge in [-0.15, -0.1) is 0 Å². The fourth-order valence-corrected chi connectivity index (χ4v) is 5.66. The highest BCUT2D eigenvalue weighted by Crippen LogP contribution is 2.27. The Kier molecular flexibility index (Phi) is 10.2. The second-order valence-electron chi connectivity index (χ2n) is 10.3. The van der Waals surface area contributed by atoms with E-state index in [0.717, 1.165) is 4.31 Å².